The van der Waals surface area contributed by atoms with Gasteiger partial charge in [-0.05, 0) is 39.0 Å². The number of allylic oxidation sites excluding steroid dienone is 1. The molecule has 0 radical (unpaired) electrons. The average molecular weight is 270 g/mol. The molecule has 2 atom stereocenters. The number of rotatable bonds is 9. The van der Waals surface area contributed by atoms with Crippen LogP contribution < -0.4 is 0 Å². The molecule has 0 spiro atoms. The third-order valence-corrected chi connectivity index (χ3v) is 3.02. The van der Waals surface area contributed by atoms with Gasteiger partial charge in [-0.15, -0.1) is 0 Å². The molecule has 0 heterocycles. The summed E-state index contributed by atoms with van der Waals surface area (Å²) in [6.45, 7) is 6.99. The standard InChI is InChI=1S/C15H26O4/c1-11(6-5-7-12(2)10-16)8-9-15(13(3)17)19-14(4)18/h8,12,15-16H,5-7,9-10H2,1-4H3/t12-,15?/m0/s1. The fourth-order valence-electron chi connectivity index (χ4n) is 1.73. The van der Waals surface area contributed by atoms with Crippen LogP contribution in [-0.4, -0.2) is 29.6 Å². The van der Waals surface area contributed by atoms with Crippen molar-refractivity contribution in [1.29, 1.82) is 0 Å². The molecule has 0 amide bonds. The SMILES string of the molecule is CC(=O)OC(CC=C(C)CCC[C@H](C)CO)C(C)=O. The number of ketones is 1. The van der Waals surface area contributed by atoms with Crippen LogP contribution >= 0.6 is 0 Å². The van der Waals surface area contributed by atoms with E-state index in [2.05, 4.69) is 0 Å². The van der Waals surface area contributed by atoms with Crippen molar-refractivity contribution in [3.63, 3.8) is 0 Å². The molecule has 0 aliphatic carbocycles. The second-order valence-corrected chi connectivity index (χ2v) is 5.17. The Balaban J connectivity index is 4.12. The van der Waals surface area contributed by atoms with Crippen LogP contribution in [0.2, 0.25) is 0 Å². The third-order valence-electron chi connectivity index (χ3n) is 3.02. The number of carbonyl (C=O) groups excluding carboxylic acids is 2. The molecule has 1 N–H and O–H groups in total. The van der Waals surface area contributed by atoms with E-state index in [4.69, 9.17) is 9.84 Å². The molecule has 0 aromatic rings. The first kappa shape index (κ1) is 17.8. The molecule has 0 bridgehead atoms. The van der Waals surface area contributed by atoms with Crippen LogP contribution in [0, 0.1) is 5.92 Å². The highest BCUT2D eigenvalue weighted by Crippen LogP contribution is 2.13. The Morgan fingerprint density at radius 3 is 2.37 bits per heavy atom. The molecule has 0 aliphatic heterocycles. The van der Waals surface area contributed by atoms with Gasteiger partial charge < -0.3 is 9.84 Å². The van der Waals surface area contributed by atoms with E-state index in [-0.39, 0.29) is 12.4 Å². The molecule has 0 saturated carbocycles. The summed E-state index contributed by atoms with van der Waals surface area (Å²) in [5, 5.41) is 8.92. The summed E-state index contributed by atoms with van der Waals surface area (Å²) in [6, 6.07) is 0. The van der Waals surface area contributed by atoms with Gasteiger partial charge in [0.1, 0.15) is 0 Å². The van der Waals surface area contributed by atoms with E-state index >= 15 is 0 Å². The zero-order valence-electron chi connectivity index (χ0n) is 12.4. The molecule has 0 saturated heterocycles. The van der Waals surface area contributed by atoms with Crippen molar-refractivity contribution in [2.75, 3.05) is 6.61 Å². The molecule has 4 heteroatoms. The molecular weight excluding hydrogens is 244 g/mol. The van der Waals surface area contributed by atoms with Crippen LogP contribution in [-0.2, 0) is 14.3 Å². The van der Waals surface area contributed by atoms with Crippen LogP contribution in [0.3, 0.4) is 0 Å². The van der Waals surface area contributed by atoms with E-state index in [0.717, 1.165) is 19.3 Å². The summed E-state index contributed by atoms with van der Waals surface area (Å²) in [4.78, 5) is 22.2. The normalized spacial score (nSPS) is 14.9. The van der Waals surface area contributed by atoms with Crippen LogP contribution in [0.15, 0.2) is 11.6 Å². The van der Waals surface area contributed by atoms with Gasteiger partial charge in [0, 0.05) is 20.0 Å². The van der Waals surface area contributed by atoms with Crippen molar-refractivity contribution in [2.45, 2.75) is 59.5 Å². The number of ether oxygens (including phenoxy) is 1. The van der Waals surface area contributed by atoms with E-state index < -0.39 is 12.1 Å². The Hall–Kier alpha value is -1.16. The lowest BCUT2D eigenvalue weighted by Crippen LogP contribution is -2.23. The molecule has 0 fully saturated rings. The number of hydrogen-bond acceptors (Lipinski definition) is 4. The first-order valence-corrected chi connectivity index (χ1v) is 6.81. The predicted octanol–water partition coefficient (Wildman–Crippen LogP) is 2.64. The summed E-state index contributed by atoms with van der Waals surface area (Å²) in [5.74, 6) is -0.227. The van der Waals surface area contributed by atoms with Crippen LogP contribution in [0.5, 0.6) is 0 Å². The lowest BCUT2D eigenvalue weighted by atomic mass is 10.0. The first-order chi connectivity index (χ1) is 8.86. The smallest absolute Gasteiger partial charge is 0.303 e. The zero-order chi connectivity index (χ0) is 14.8. The highest BCUT2D eigenvalue weighted by atomic mass is 16.5. The highest BCUT2D eigenvalue weighted by molar-refractivity contribution is 5.83. The van der Waals surface area contributed by atoms with Gasteiger partial charge in [0.25, 0.3) is 0 Å². The summed E-state index contributed by atoms with van der Waals surface area (Å²) in [6.07, 6.45) is 4.68. The molecule has 110 valence electrons. The Kier molecular flexibility index (Phi) is 9.13. The second-order valence-electron chi connectivity index (χ2n) is 5.17. The maximum atomic E-state index is 11.3. The highest BCUT2D eigenvalue weighted by Gasteiger charge is 2.15. The Bertz CT molecular complexity index is 320. The molecule has 0 aliphatic rings. The van der Waals surface area contributed by atoms with Crippen molar-refractivity contribution >= 4 is 11.8 Å². The van der Waals surface area contributed by atoms with Crippen molar-refractivity contribution < 1.29 is 19.4 Å². The largest absolute Gasteiger partial charge is 0.454 e. The quantitative estimate of drug-likeness (QED) is 0.517. The fraction of sp³-hybridized carbons (Fsp3) is 0.733. The summed E-state index contributed by atoms with van der Waals surface area (Å²) < 4.78 is 4.96. The number of Topliss-reactive ketones (excluding diaryl/α,β-unsaturated/α-hetero) is 1. The minimum Gasteiger partial charge on any atom is -0.454 e. The topological polar surface area (TPSA) is 63.6 Å². The number of aliphatic hydroxyl groups is 1. The van der Waals surface area contributed by atoms with Crippen molar-refractivity contribution in [3.05, 3.63) is 11.6 Å². The van der Waals surface area contributed by atoms with E-state index in [1.807, 2.05) is 19.9 Å². The number of hydrogen-bond donors (Lipinski definition) is 1. The molecule has 0 aromatic heterocycles. The second kappa shape index (κ2) is 9.73. The van der Waals surface area contributed by atoms with E-state index in [1.54, 1.807) is 0 Å². The van der Waals surface area contributed by atoms with Crippen LogP contribution in [0.25, 0.3) is 0 Å². The summed E-state index contributed by atoms with van der Waals surface area (Å²) in [5.41, 5.74) is 1.18. The van der Waals surface area contributed by atoms with E-state index in [9.17, 15) is 9.59 Å². The van der Waals surface area contributed by atoms with Gasteiger partial charge in [0.2, 0.25) is 0 Å². The summed E-state index contributed by atoms with van der Waals surface area (Å²) in [7, 11) is 0. The van der Waals surface area contributed by atoms with E-state index in [0.29, 0.717) is 12.3 Å². The molecular formula is C15H26O4. The van der Waals surface area contributed by atoms with Crippen molar-refractivity contribution in [2.24, 2.45) is 5.92 Å². The lowest BCUT2D eigenvalue weighted by molar-refractivity contribution is -0.152. The van der Waals surface area contributed by atoms with Crippen molar-refractivity contribution in [3.8, 4) is 0 Å². The average Bonchev–Trinajstić information content (AvgIpc) is 2.33. The third kappa shape index (κ3) is 9.42. The van der Waals surface area contributed by atoms with E-state index in [1.165, 1.54) is 19.4 Å². The molecule has 0 rings (SSSR count). The first-order valence-electron chi connectivity index (χ1n) is 6.81. The predicted molar refractivity (Wildman–Crippen MR) is 74.7 cm³/mol. The zero-order valence-corrected chi connectivity index (χ0v) is 12.4. The molecule has 0 aromatic carbocycles. The number of carbonyl (C=O) groups is 2. The van der Waals surface area contributed by atoms with Gasteiger partial charge in [-0.3, -0.25) is 9.59 Å². The maximum absolute atomic E-state index is 11.3. The Labute approximate surface area is 115 Å². The number of aliphatic hydroxyl groups excluding tert-OH is 1. The van der Waals surface area contributed by atoms with Gasteiger partial charge in [-0.25, -0.2) is 0 Å². The molecule has 4 nitrogen and oxygen atoms in total. The molecule has 19 heavy (non-hydrogen) atoms. The number of esters is 1. The van der Waals surface area contributed by atoms with Crippen LogP contribution in [0.1, 0.15) is 53.4 Å². The minimum atomic E-state index is -0.663. The Morgan fingerprint density at radius 2 is 1.89 bits per heavy atom. The minimum absolute atomic E-state index is 0.131. The van der Waals surface area contributed by atoms with Gasteiger partial charge >= 0.3 is 5.97 Å². The maximum Gasteiger partial charge on any atom is 0.303 e. The van der Waals surface area contributed by atoms with Crippen LogP contribution in [0.4, 0.5) is 0 Å². The van der Waals surface area contributed by atoms with Crippen molar-refractivity contribution in [1.82, 2.24) is 0 Å². The monoisotopic (exact) mass is 270 g/mol. The summed E-state index contributed by atoms with van der Waals surface area (Å²) >= 11 is 0. The van der Waals surface area contributed by atoms with Gasteiger partial charge in [0.05, 0.1) is 0 Å². The van der Waals surface area contributed by atoms with Gasteiger partial charge in [-0.1, -0.05) is 18.6 Å². The lowest BCUT2D eigenvalue weighted by Gasteiger charge is -2.12. The fourth-order valence-corrected chi connectivity index (χ4v) is 1.73. The Morgan fingerprint density at radius 1 is 1.26 bits per heavy atom. The van der Waals surface area contributed by atoms with Gasteiger partial charge in [-0.2, -0.15) is 0 Å². The molecule has 1 unspecified atom stereocenters. The van der Waals surface area contributed by atoms with Gasteiger partial charge in [0.15, 0.2) is 11.9 Å².